The van der Waals surface area contributed by atoms with Crippen LogP contribution in [0, 0.1) is 12.8 Å². The van der Waals surface area contributed by atoms with Gasteiger partial charge in [0.25, 0.3) is 0 Å². The number of quaternary nitrogens is 1. The zero-order chi connectivity index (χ0) is 15.7. The average Bonchev–Trinajstić information content (AvgIpc) is 2.38. The Morgan fingerprint density at radius 3 is 2.19 bits per heavy atom. The van der Waals surface area contributed by atoms with E-state index in [1.807, 2.05) is 6.92 Å². The van der Waals surface area contributed by atoms with Crippen molar-refractivity contribution in [3.63, 3.8) is 0 Å². The molecule has 0 amide bonds. The molecule has 6 heteroatoms. The molecule has 1 heterocycles. The Labute approximate surface area is 126 Å². The molecule has 1 aliphatic heterocycles. The lowest BCUT2D eigenvalue weighted by molar-refractivity contribution is -1.07. The third kappa shape index (κ3) is 3.90. The van der Waals surface area contributed by atoms with E-state index in [1.165, 1.54) is 0 Å². The summed E-state index contributed by atoms with van der Waals surface area (Å²) < 4.78 is 30.1. The fourth-order valence-corrected chi connectivity index (χ4v) is 3.76. The van der Waals surface area contributed by atoms with Crippen LogP contribution in [0.3, 0.4) is 0 Å². The Morgan fingerprint density at radius 1 is 1.19 bits per heavy atom. The van der Waals surface area contributed by atoms with Gasteiger partial charge in [-0.2, -0.15) is 13.1 Å². The third-order valence-corrected chi connectivity index (χ3v) is 5.47. The molecular formula is C15H22NO4S+. The molecular weight excluding hydrogens is 290 g/mol. The van der Waals surface area contributed by atoms with Crippen LogP contribution in [0.5, 0.6) is 0 Å². The minimum absolute atomic E-state index is 0.0000102. The summed E-state index contributed by atoms with van der Waals surface area (Å²) in [7, 11) is -2.03. The van der Waals surface area contributed by atoms with Gasteiger partial charge in [-0.25, -0.2) is 0 Å². The summed E-state index contributed by atoms with van der Waals surface area (Å²) in [4.78, 5) is 11.6. The molecule has 1 aliphatic rings. The van der Waals surface area contributed by atoms with Crippen molar-refractivity contribution >= 4 is 15.9 Å². The highest BCUT2D eigenvalue weighted by atomic mass is 32.2. The van der Waals surface area contributed by atoms with Gasteiger partial charge in [0.1, 0.15) is 25.9 Å². The van der Waals surface area contributed by atoms with Crippen LogP contribution < -0.4 is 0 Å². The summed E-state index contributed by atoms with van der Waals surface area (Å²) in [5, 5.41) is 0. The van der Waals surface area contributed by atoms with Gasteiger partial charge in [0.2, 0.25) is 0 Å². The van der Waals surface area contributed by atoms with E-state index in [4.69, 9.17) is 4.28 Å². The molecule has 0 N–H and O–H groups in total. The summed E-state index contributed by atoms with van der Waals surface area (Å²) in [5.74, 6) is 0.199. The second-order valence-electron chi connectivity index (χ2n) is 5.97. The minimum atomic E-state index is -3.79. The van der Waals surface area contributed by atoms with E-state index in [0.29, 0.717) is 25.9 Å². The number of likely N-dealkylation sites (tertiary alicyclic amines) is 1. The van der Waals surface area contributed by atoms with Gasteiger partial charge in [0.15, 0.2) is 0 Å². The lowest BCUT2D eigenvalue weighted by atomic mass is 9.93. The van der Waals surface area contributed by atoms with Gasteiger partial charge in [0.05, 0.1) is 4.90 Å². The maximum atomic E-state index is 12.3. The molecule has 1 fully saturated rings. The summed E-state index contributed by atoms with van der Waals surface area (Å²) >= 11 is 0. The molecule has 2 rings (SSSR count). The largest absolute Gasteiger partial charge is 0.342 e. The fourth-order valence-electron chi connectivity index (χ4n) is 2.58. The van der Waals surface area contributed by atoms with Crippen molar-refractivity contribution in [1.29, 1.82) is 0 Å². The molecule has 0 atom stereocenters. The second-order valence-corrected chi connectivity index (χ2v) is 7.50. The smallest absolute Gasteiger partial charge is 0.300 e. The number of carbonyl (C=O) groups excluding carboxylic acids is 1. The molecule has 0 spiro atoms. The van der Waals surface area contributed by atoms with E-state index in [0.717, 1.165) is 5.56 Å². The predicted octanol–water partition coefficient (Wildman–Crippen LogP) is 2.06. The molecule has 21 heavy (non-hydrogen) atoms. The molecule has 0 radical (unpaired) electrons. The van der Waals surface area contributed by atoms with Gasteiger partial charge in [-0.15, -0.1) is 0 Å². The normalized spacial score (nSPS) is 26.5. The fraction of sp³-hybridized carbons (Fsp3) is 0.533. The average molecular weight is 312 g/mol. The Bertz CT molecular complexity index is 614. The highest BCUT2D eigenvalue weighted by Gasteiger charge is 2.38. The number of hydroxylamine groups is 3. The van der Waals surface area contributed by atoms with Crippen molar-refractivity contribution in [3.05, 3.63) is 29.8 Å². The van der Waals surface area contributed by atoms with E-state index >= 15 is 0 Å². The van der Waals surface area contributed by atoms with Crippen LogP contribution in [0.1, 0.15) is 25.3 Å². The number of piperidine rings is 1. The van der Waals surface area contributed by atoms with Crippen molar-refractivity contribution < 1.29 is 22.1 Å². The van der Waals surface area contributed by atoms with Crippen LogP contribution in [-0.4, -0.2) is 39.0 Å². The zero-order valence-corrected chi connectivity index (χ0v) is 13.5. The van der Waals surface area contributed by atoms with Gasteiger partial charge in [-0.1, -0.05) is 22.0 Å². The lowest BCUT2D eigenvalue weighted by Gasteiger charge is -2.35. The van der Waals surface area contributed by atoms with Crippen molar-refractivity contribution in [2.75, 3.05) is 20.1 Å². The van der Waals surface area contributed by atoms with Crippen molar-refractivity contribution in [1.82, 2.24) is 0 Å². The van der Waals surface area contributed by atoms with Gasteiger partial charge in [-0.3, -0.25) is 4.79 Å². The maximum absolute atomic E-state index is 12.3. The summed E-state index contributed by atoms with van der Waals surface area (Å²) in [5.41, 5.74) is 0.997. The topological polar surface area (TPSA) is 60.4 Å². The molecule has 1 aromatic rings. The Morgan fingerprint density at radius 2 is 1.71 bits per heavy atom. The molecule has 0 saturated carbocycles. The van der Waals surface area contributed by atoms with Crippen molar-refractivity contribution in [2.45, 2.75) is 31.6 Å². The molecule has 1 saturated heterocycles. The molecule has 5 nitrogen and oxygen atoms in total. The number of hydrogen-bond donors (Lipinski definition) is 0. The predicted molar refractivity (Wildman–Crippen MR) is 78.8 cm³/mol. The Hall–Kier alpha value is -1.24. The van der Waals surface area contributed by atoms with Crippen LogP contribution in [0.2, 0.25) is 0 Å². The van der Waals surface area contributed by atoms with E-state index in [-0.39, 0.29) is 21.2 Å². The monoisotopic (exact) mass is 312 g/mol. The number of aryl methyl sites for hydroxylation is 1. The van der Waals surface area contributed by atoms with E-state index in [1.54, 1.807) is 38.2 Å². The lowest BCUT2D eigenvalue weighted by Crippen LogP contribution is -2.51. The number of Topliss-reactive ketones (excluding diaryl/α,β-unsaturated/α-hetero) is 1. The van der Waals surface area contributed by atoms with E-state index in [2.05, 4.69) is 0 Å². The molecule has 1 aromatic carbocycles. The number of carbonyl (C=O) groups is 1. The molecule has 0 aromatic heterocycles. The molecule has 0 aliphatic carbocycles. The van der Waals surface area contributed by atoms with Gasteiger partial charge < -0.3 is 0 Å². The number of rotatable bonds is 4. The van der Waals surface area contributed by atoms with Crippen LogP contribution in [0.25, 0.3) is 0 Å². The van der Waals surface area contributed by atoms with Crippen LogP contribution in [0.15, 0.2) is 29.2 Å². The third-order valence-electron chi connectivity index (χ3n) is 4.06. The van der Waals surface area contributed by atoms with Crippen molar-refractivity contribution in [2.24, 2.45) is 5.92 Å². The molecule has 0 bridgehead atoms. The Balaban J connectivity index is 2.10. The maximum Gasteiger partial charge on any atom is 0.342 e. The van der Waals surface area contributed by atoms with Gasteiger partial charge in [0, 0.05) is 18.8 Å². The summed E-state index contributed by atoms with van der Waals surface area (Å²) in [6.45, 7) is 4.53. The number of benzene rings is 1. The quantitative estimate of drug-likeness (QED) is 0.799. The van der Waals surface area contributed by atoms with Crippen LogP contribution in [-0.2, 0) is 19.2 Å². The van der Waals surface area contributed by atoms with Gasteiger partial charge >= 0.3 is 10.1 Å². The summed E-state index contributed by atoms with van der Waals surface area (Å²) in [6.07, 6.45) is 1.32. The number of hydrogen-bond acceptors (Lipinski definition) is 4. The zero-order valence-electron chi connectivity index (χ0n) is 12.7. The first kappa shape index (κ1) is 16.1. The second kappa shape index (κ2) is 5.87. The van der Waals surface area contributed by atoms with Crippen LogP contribution in [0.4, 0.5) is 0 Å². The standard InChI is InChI=1S/C15H22NO4S/c1-12-4-6-15(7-5-12)21(18,19)20-16(3)10-8-14(9-11-16)13(2)17/h4-7,14H,8-11H2,1-3H3/q+1. The highest BCUT2D eigenvalue weighted by molar-refractivity contribution is 7.86. The highest BCUT2D eigenvalue weighted by Crippen LogP contribution is 2.26. The van der Waals surface area contributed by atoms with E-state index in [9.17, 15) is 13.2 Å². The SMILES string of the molecule is CC(=O)C1CC[N+](C)(OS(=O)(=O)c2ccc(C)cc2)CC1. The minimum Gasteiger partial charge on any atom is -0.300 e. The summed E-state index contributed by atoms with van der Waals surface area (Å²) in [6, 6.07) is 6.61. The molecule has 116 valence electrons. The number of ketones is 1. The van der Waals surface area contributed by atoms with E-state index < -0.39 is 10.1 Å². The first-order valence-corrected chi connectivity index (χ1v) is 8.51. The molecule has 0 unspecified atom stereocenters. The number of nitrogens with zero attached hydrogens (tertiary/aromatic N) is 1. The van der Waals surface area contributed by atoms with Gasteiger partial charge in [-0.05, 0) is 26.0 Å². The first-order valence-electron chi connectivity index (χ1n) is 7.10. The Kier molecular flexibility index (Phi) is 4.51. The first-order chi connectivity index (χ1) is 9.72. The van der Waals surface area contributed by atoms with Crippen molar-refractivity contribution in [3.8, 4) is 0 Å². The van der Waals surface area contributed by atoms with Crippen LogP contribution >= 0.6 is 0 Å².